The Morgan fingerprint density at radius 1 is 1.64 bits per heavy atom. The first-order valence-corrected chi connectivity index (χ1v) is 3.73. The SMILES string of the molecule is CCc1ccc(C(N)CO)o1. The number of aryl methyl sites for hydroxylation is 1. The van der Waals surface area contributed by atoms with Crippen molar-refractivity contribution < 1.29 is 9.52 Å². The van der Waals surface area contributed by atoms with E-state index >= 15 is 0 Å². The lowest BCUT2D eigenvalue weighted by Crippen LogP contribution is -2.13. The van der Waals surface area contributed by atoms with Crippen LogP contribution in [0.15, 0.2) is 16.5 Å². The van der Waals surface area contributed by atoms with Crippen LogP contribution in [-0.4, -0.2) is 11.7 Å². The minimum atomic E-state index is -0.379. The summed E-state index contributed by atoms with van der Waals surface area (Å²) in [4.78, 5) is 0. The maximum atomic E-state index is 8.69. The molecule has 3 nitrogen and oxygen atoms in total. The predicted molar refractivity (Wildman–Crippen MR) is 42.1 cm³/mol. The van der Waals surface area contributed by atoms with E-state index in [-0.39, 0.29) is 12.6 Å². The van der Waals surface area contributed by atoms with Crippen LogP contribution in [0.1, 0.15) is 24.5 Å². The second kappa shape index (κ2) is 3.55. The first-order valence-electron chi connectivity index (χ1n) is 3.73. The van der Waals surface area contributed by atoms with Crippen molar-refractivity contribution in [1.82, 2.24) is 0 Å². The average Bonchev–Trinajstić information content (AvgIpc) is 2.50. The third kappa shape index (κ3) is 1.82. The van der Waals surface area contributed by atoms with E-state index in [0.717, 1.165) is 12.2 Å². The number of nitrogens with two attached hydrogens (primary N) is 1. The zero-order valence-electron chi connectivity index (χ0n) is 6.58. The Balaban J connectivity index is 2.71. The summed E-state index contributed by atoms with van der Waals surface area (Å²) < 4.78 is 5.30. The predicted octanol–water partition coefficient (Wildman–Crippen LogP) is 0.834. The molecular weight excluding hydrogens is 142 g/mol. The molecule has 0 saturated heterocycles. The number of rotatable bonds is 3. The van der Waals surface area contributed by atoms with Gasteiger partial charge in [-0.25, -0.2) is 0 Å². The Hall–Kier alpha value is -0.800. The molecule has 0 aromatic carbocycles. The van der Waals surface area contributed by atoms with Crippen molar-refractivity contribution in [2.75, 3.05) is 6.61 Å². The topological polar surface area (TPSA) is 59.4 Å². The lowest BCUT2D eigenvalue weighted by atomic mass is 10.2. The van der Waals surface area contributed by atoms with Crippen LogP contribution < -0.4 is 5.73 Å². The molecule has 3 N–H and O–H groups in total. The van der Waals surface area contributed by atoms with Crippen LogP contribution in [0.3, 0.4) is 0 Å². The molecule has 1 atom stereocenters. The summed E-state index contributed by atoms with van der Waals surface area (Å²) in [7, 11) is 0. The first kappa shape index (κ1) is 8.30. The van der Waals surface area contributed by atoms with Gasteiger partial charge in [-0.2, -0.15) is 0 Å². The summed E-state index contributed by atoms with van der Waals surface area (Å²) in [6, 6.07) is 3.31. The van der Waals surface area contributed by atoms with Crippen LogP contribution in [0, 0.1) is 0 Å². The van der Waals surface area contributed by atoms with Gasteiger partial charge in [0.2, 0.25) is 0 Å². The van der Waals surface area contributed by atoms with Crippen molar-refractivity contribution in [3.8, 4) is 0 Å². The fourth-order valence-electron chi connectivity index (χ4n) is 0.874. The molecule has 1 aromatic heterocycles. The molecule has 0 bridgehead atoms. The largest absolute Gasteiger partial charge is 0.464 e. The summed E-state index contributed by atoms with van der Waals surface area (Å²) in [5.41, 5.74) is 5.52. The highest BCUT2D eigenvalue weighted by Gasteiger charge is 2.08. The van der Waals surface area contributed by atoms with Gasteiger partial charge in [-0.15, -0.1) is 0 Å². The van der Waals surface area contributed by atoms with Crippen molar-refractivity contribution in [1.29, 1.82) is 0 Å². The number of furan rings is 1. The van der Waals surface area contributed by atoms with Gasteiger partial charge in [-0.05, 0) is 12.1 Å². The second-order valence-electron chi connectivity index (χ2n) is 2.45. The van der Waals surface area contributed by atoms with Crippen LogP contribution in [0.2, 0.25) is 0 Å². The van der Waals surface area contributed by atoms with E-state index in [0.29, 0.717) is 5.76 Å². The van der Waals surface area contributed by atoms with Crippen LogP contribution in [0.5, 0.6) is 0 Å². The molecule has 0 spiro atoms. The maximum absolute atomic E-state index is 8.69. The van der Waals surface area contributed by atoms with Gasteiger partial charge in [-0.3, -0.25) is 0 Å². The summed E-state index contributed by atoms with van der Waals surface area (Å²) in [6.07, 6.45) is 0.859. The van der Waals surface area contributed by atoms with Crippen LogP contribution >= 0.6 is 0 Å². The fourth-order valence-corrected chi connectivity index (χ4v) is 0.874. The highest BCUT2D eigenvalue weighted by molar-refractivity contribution is 5.10. The molecule has 0 aliphatic rings. The summed E-state index contributed by atoms with van der Waals surface area (Å²) >= 11 is 0. The van der Waals surface area contributed by atoms with Crippen molar-refractivity contribution >= 4 is 0 Å². The third-order valence-electron chi connectivity index (χ3n) is 1.59. The van der Waals surface area contributed by atoms with Gasteiger partial charge < -0.3 is 15.3 Å². The molecule has 11 heavy (non-hydrogen) atoms. The van der Waals surface area contributed by atoms with Crippen molar-refractivity contribution in [3.05, 3.63) is 23.7 Å². The molecule has 0 aliphatic carbocycles. The second-order valence-corrected chi connectivity index (χ2v) is 2.45. The van der Waals surface area contributed by atoms with Gasteiger partial charge >= 0.3 is 0 Å². The van der Waals surface area contributed by atoms with E-state index in [1.54, 1.807) is 6.07 Å². The van der Waals surface area contributed by atoms with Crippen molar-refractivity contribution in [2.45, 2.75) is 19.4 Å². The van der Waals surface area contributed by atoms with Crippen LogP contribution in [0.4, 0.5) is 0 Å². The normalized spacial score (nSPS) is 13.4. The van der Waals surface area contributed by atoms with E-state index in [2.05, 4.69) is 0 Å². The lowest BCUT2D eigenvalue weighted by Gasteiger charge is -2.02. The van der Waals surface area contributed by atoms with Gasteiger partial charge in [-0.1, -0.05) is 6.92 Å². The molecule has 0 saturated carbocycles. The van der Waals surface area contributed by atoms with Crippen LogP contribution in [0.25, 0.3) is 0 Å². The Morgan fingerprint density at radius 3 is 2.82 bits per heavy atom. The quantitative estimate of drug-likeness (QED) is 0.679. The van der Waals surface area contributed by atoms with Crippen LogP contribution in [-0.2, 0) is 6.42 Å². The number of aliphatic hydroxyl groups excluding tert-OH is 1. The number of hydrogen-bond acceptors (Lipinski definition) is 3. The van der Waals surface area contributed by atoms with Gasteiger partial charge in [0.05, 0.1) is 12.6 Å². The standard InChI is InChI=1S/C8H13NO2/c1-2-6-3-4-8(11-6)7(9)5-10/h3-4,7,10H,2,5,9H2,1H3. The molecule has 1 heterocycles. The number of aliphatic hydroxyl groups is 1. The molecule has 62 valence electrons. The van der Waals surface area contributed by atoms with E-state index in [1.165, 1.54) is 0 Å². The van der Waals surface area contributed by atoms with Gasteiger partial charge in [0, 0.05) is 6.42 Å². The minimum Gasteiger partial charge on any atom is -0.464 e. The molecule has 0 aliphatic heterocycles. The zero-order chi connectivity index (χ0) is 8.27. The van der Waals surface area contributed by atoms with Gasteiger partial charge in [0.1, 0.15) is 11.5 Å². The summed E-state index contributed by atoms with van der Waals surface area (Å²) in [6.45, 7) is 1.93. The molecule has 1 aromatic rings. The van der Waals surface area contributed by atoms with E-state index in [4.69, 9.17) is 15.3 Å². The fraction of sp³-hybridized carbons (Fsp3) is 0.500. The summed E-state index contributed by atoms with van der Waals surface area (Å²) in [5.74, 6) is 1.56. The monoisotopic (exact) mass is 155 g/mol. The summed E-state index contributed by atoms with van der Waals surface area (Å²) in [5, 5.41) is 8.69. The molecule has 0 amide bonds. The molecule has 0 radical (unpaired) electrons. The highest BCUT2D eigenvalue weighted by Crippen LogP contribution is 2.14. The van der Waals surface area contributed by atoms with E-state index in [1.807, 2.05) is 13.0 Å². The van der Waals surface area contributed by atoms with Crippen molar-refractivity contribution in [3.63, 3.8) is 0 Å². The first-order chi connectivity index (χ1) is 5.27. The van der Waals surface area contributed by atoms with E-state index in [9.17, 15) is 0 Å². The Labute approximate surface area is 65.8 Å². The zero-order valence-corrected chi connectivity index (χ0v) is 6.58. The molecule has 0 fully saturated rings. The number of hydrogen-bond donors (Lipinski definition) is 2. The Morgan fingerprint density at radius 2 is 2.36 bits per heavy atom. The molecule has 1 rings (SSSR count). The maximum Gasteiger partial charge on any atom is 0.123 e. The minimum absolute atomic E-state index is 0.0728. The Kier molecular flexibility index (Phi) is 2.68. The average molecular weight is 155 g/mol. The smallest absolute Gasteiger partial charge is 0.123 e. The Bertz CT molecular complexity index is 220. The molecule has 3 heteroatoms. The molecule has 1 unspecified atom stereocenters. The van der Waals surface area contributed by atoms with Crippen molar-refractivity contribution in [2.24, 2.45) is 5.73 Å². The third-order valence-corrected chi connectivity index (χ3v) is 1.59. The van der Waals surface area contributed by atoms with Gasteiger partial charge in [0.15, 0.2) is 0 Å². The molecular formula is C8H13NO2. The lowest BCUT2D eigenvalue weighted by molar-refractivity contribution is 0.250. The highest BCUT2D eigenvalue weighted by atomic mass is 16.3. The van der Waals surface area contributed by atoms with Gasteiger partial charge in [0.25, 0.3) is 0 Å². The van der Waals surface area contributed by atoms with E-state index < -0.39 is 0 Å².